The molecule has 1 aromatic carbocycles. The van der Waals surface area contributed by atoms with Crippen molar-refractivity contribution in [3.63, 3.8) is 0 Å². The molecule has 134 valence electrons. The fraction of sp³-hybridized carbons (Fsp3) is 0.263. The number of aromatic amines is 1. The Labute approximate surface area is 158 Å². The van der Waals surface area contributed by atoms with Crippen molar-refractivity contribution in [2.24, 2.45) is 5.92 Å². The number of aryl methyl sites for hydroxylation is 1. The Kier molecular flexibility index (Phi) is 4.25. The van der Waals surface area contributed by atoms with Gasteiger partial charge in [0, 0.05) is 15.6 Å². The lowest BCUT2D eigenvalue weighted by Crippen LogP contribution is -2.23. The van der Waals surface area contributed by atoms with Crippen molar-refractivity contribution >= 4 is 44.7 Å². The summed E-state index contributed by atoms with van der Waals surface area (Å²) in [5, 5.41) is 14.4. The second-order valence-corrected chi connectivity index (χ2v) is 8.24. The molecular formula is C19H17ClN2O3S. The lowest BCUT2D eigenvalue weighted by atomic mass is 9.89. The highest BCUT2D eigenvalue weighted by Crippen LogP contribution is 2.41. The molecular weight excluding hydrogens is 372 g/mol. The lowest BCUT2D eigenvalue weighted by molar-refractivity contribution is 0.102. The van der Waals surface area contributed by atoms with E-state index in [4.69, 9.17) is 11.6 Å². The maximum atomic E-state index is 12.6. The number of thiophene rings is 1. The van der Waals surface area contributed by atoms with Crippen LogP contribution in [-0.2, 0) is 12.8 Å². The summed E-state index contributed by atoms with van der Waals surface area (Å²) in [6.45, 7) is 2.19. The summed E-state index contributed by atoms with van der Waals surface area (Å²) < 4.78 is 0. The summed E-state index contributed by atoms with van der Waals surface area (Å²) >= 11 is 7.42. The predicted molar refractivity (Wildman–Crippen MR) is 105 cm³/mol. The standard InChI is InChI=1S/C19H17ClN2O3S/c1-9-5-6-12-13(7-9)26-19-14(12)16(23)15(18(25)22-19)17(24)21-11-4-2-3-10(20)8-11/h2-4,8-9H,5-7H2,1H3,(H,21,24)(H2,22,23,25)/t9-/m0/s1. The van der Waals surface area contributed by atoms with Gasteiger partial charge in [-0.3, -0.25) is 9.59 Å². The predicted octanol–water partition coefficient (Wildman–Crippen LogP) is 4.33. The maximum Gasteiger partial charge on any atom is 0.265 e. The van der Waals surface area contributed by atoms with Gasteiger partial charge in [0.05, 0.1) is 5.39 Å². The normalized spacial score (nSPS) is 16.5. The molecule has 0 saturated carbocycles. The van der Waals surface area contributed by atoms with Crippen LogP contribution in [0, 0.1) is 5.92 Å². The number of pyridine rings is 1. The van der Waals surface area contributed by atoms with Crippen molar-refractivity contribution in [1.82, 2.24) is 4.98 Å². The highest BCUT2D eigenvalue weighted by atomic mass is 35.5. The minimum Gasteiger partial charge on any atom is -0.506 e. The van der Waals surface area contributed by atoms with E-state index >= 15 is 0 Å². The molecule has 5 nitrogen and oxygen atoms in total. The van der Waals surface area contributed by atoms with Crippen LogP contribution in [0.5, 0.6) is 5.75 Å². The van der Waals surface area contributed by atoms with Crippen LogP contribution in [0.3, 0.4) is 0 Å². The van der Waals surface area contributed by atoms with Crippen LogP contribution in [0.4, 0.5) is 5.69 Å². The Balaban J connectivity index is 1.80. The number of rotatable bonds is 2. The zero-order valence-electron chi connectivity index (χ0n) is 14.1. The monoisotopic (exact) mass is 388 g/mol. The molecule has 2 aromatic heterocycles. The number of aromatic nitrogens is 1. The zero-order valence-corrected chi connectivity index (χ0v) is 15.6. The minimum absolute atomic E-state index is 0.240. The van der Waals surface area contributed by atoms with Crippen molar-refractivity contribution in [3.8, 4) is 5.75 Å². The molecule has 0 radical (unpaired) electrons. The maximum absolute atomic E-state index is 12.6. The van der Waals surface area contributed by atoms with Crippen LogP contribution in [-0.4, -0.2) is 16.0 Å². The van der Waals surface area contributed by atoms with Gasteiger partial charge in [0.25, 0.3) is 11.5 Å². The van der Waals surface area contributed by atoms with Crippen LogP contribution in [0.25, 0.3) is 10.2 Å². The Morgan fingerprint density at radius 1 is 1.42 bits per heavy atom. The number of hydrogen-bond acceptors (Lipinski definition) is 4. The smallest absolute Gasteiger partial charge is 0.265 e. The summed E-state index contributed by atoms with van der Waals surface area (Å²) in [6.07, 6.45) is 2.80. The fourth-order valence-corrected chi connectivity index (χ4v) is 5.06. The van der Waals surface area contributed by atoms with E-state index in [1.807, 2.05) is 0 Å². The molecule has 2 heterocycles. The third-order valence-electron chi connectivity index (χ3n) is 4.75. The molecule has 1 amide bonds. The molecule has 3 aromatic rings. The van der Waals surface area contributed by atoms with Gasteiger partial charge < -0.3 is 15.4 Å². The van der Waals surface area contributed by atoms with Gasteiger partial charge in [-0.15, -0.1) is 11.3 Å². The van der Waals surface area contributed by atoms with Crippen molar-refractivity contribution in [2.75, 3.05) is 5.32 Å². The van der Waals surface area contributed by atoms with Crippen molar-refractivity contribution in [3.05, 3.63) is 55.6 Å². The summed E-state index contributed by atoms with van der Waals surface area (Å²) in [5.41, 5.74) is 0.647. The highest BCUT2D eigenvalue weighted by Gasteiger charge is 2.27. The number of carbonyl (C=O) groups is 1. The topological polar surface area (TPSA) is 82.2 Å². The Hall–Kier alpha value is -2.31. The summed E-state index contributed by atoms with van der Waals surface area (Å²) in [4.78, 5) is 29.6. The number of amides is 1. The number of benzene rings is 1. The van der Waals surface area contributed by atoms with Crippen LogP contribution >= 0.6 is 22.9 Å². The average molecular weight is 389 g/mol. The summed E-state index contributed by atoms with van der Waals surface area (Å²) in [6, 6.07) is 6.63. The number of anilines is 1. The van der Waals surface area contributed by atoms with Gasteiger partial charge in [0.1, 0.15) is 16.1 Å². The third-order valence-corrected chi connectivity index (χ3v) is 6.15. The molecule has 0 saturated heterocycles. The van der Waals surface area contributed by atoms with E-state index < -0.39 is 11.5 Å². The second-order valence-electron chi connectivity index (χ2n) is 6.70. The van der Waals surface area contributed by atoms with Crippen molar-refractivity contribution in [1.29, 1.82) is 0 Å². The third kappa shape index (κ3) is 2.89. The summed E-state index contributed by atoms with van der Waals surface area (Å²) in [7, 11) is 0. The first-order valence-electron chi connectivity index (χ1n) is 8.40. The van der Waals surface area contributed by atoms with E-state index in [9.17, 15) is 14.7 Å². The van der Waals surface area contributed by atoms with E-state index in [0.29, 0.717) is 26.8 Å². The molecule has 3 N–H and O–H groups in total. The molecule has 1 atom stereocenters. The molecule has 0 bridgehead atoms. The van der Waals surface area contributed by atoms with Gasteiger partial charge in [-0.05, 0) is 48.9 Å². The van der Waals surface area contributed by atoms with Crippen LogP contribution in [0.2, 0.25) is 5.02 Å². The molecule has 0 aliphatic heterocycles. The first-order chi connectivity index (χ1) is 12.4. The van der Waals surface area contributed by atoms with Gasteiger partial charge in [-0.2, -0.15) is 0 Å². The Morgan fingerprint density at radius 3 is 3.00 bits per heavy atom. The molecule has 7 heteroatoms. The van der Waals surface area contributed by atoms with Gasteiger partial charge in [-0.1, -0.05) is 24.6 Å². The SMILES string of the molecule is C[C@H]1CCc2c(sc3[nH]c(=O)c(C(=O)Nc4cccc(Cl)c4)c(O)c23)C1. The van der Waals surface area contributed by atoms with Crippen molar-refractivity contribution in [2.45, 2.75) is 26.2 Å². The second kappa shape index (κ2) is 6.45. The van der Waals surface area contributed by atoms with E-state index in [0.717, 1.165) is 24.8 Å². The zero-order chi connectivity index (χ0) is 18.4. The fourth-order valence-electron chi connectivity index (χ4n) is 3.46. The number of carbonyl (C=O) groups excluding carboxylic acids is 1. The number of halogens is 1. The van der Waals surface area contributed by atoms with E-state index in [2.05, 4.69) is 17.2 Å². The number of aromatic hydroxyl groups is 1. The lowest BCUT2D eigenvalue weighted by Gasteiger charge is -2.18. The molecule has 0 fully saturated rings. The number of hydrogen-bond donors (Lipinski definition) is 3. The van der Waals surface area contributed by atoms with Gasteiger partial charge >= 0.3 is 0 Å². The Bertz CT molecular complexity index is 1090. The highest BCUT2D eigenvalue weighted by molar-refractivity contribution is 7.18. The largest absolute Gasteiger partial charge is 0.506 e. The average Bonchev–Trinajstić information content (AvgIpc) is 2.91. The number of fused-ring (bicyclic) bond motifs is 3. The van der Waals surface area contributed by atoms with Crippen LogP contribution < -0.4 is 10.9 Å². The molecule has 0 unspecified atom stereocenters. The molecule has 1 aliphatic rings. The van der Waals surface area contributed by atoms with Gasteiger partial charge in [0.15, 0.2) is 0 Å². The molecule has 26 heavy (non-hydrogen) atoms. The molecule has 0 spiro atoms. The first-order valence-corrected chi connectivity index (χ1v) is 9.60. The summed E-state index contributed by atoms with van der Waals surface area (Å²) in [5.74, 6) is -0.317. The van der Waals surface area contributed by atoms with Crippen molar-refractivity contribution < 1.29 is 9.90 Å². The van der Waals surface area contributed by atoms with Crippen LogP contribution in [0.1, 0.15) is 34.1 Å². The van der Waals surface area contributed by atoms with Gasteiger partial charge in [0.2, 0.25) is 0 Å². The van der Waals surface area contributed by atoms with Gasteiger partial charge in [-0.25, -0.2) is 0 Å². The minimum atomic E-state index is -0.656. The van der Waals surface area contributed by atoms with E-state index in [-0.39, 0.29) is 11.3 Å². The molecule has 4 rings (SSSR count). The quantitative estimate of drug-likeness (QED) is 0.611. The van der Waals surface area contributed by atoms with Crippen LogP contribution in [0.15, 0.2) is 29.1 Å². The van der Waals surface area contributed by atoms with E-state index in [1.54, 1.807) is 24.3 Å². The van der Waals surface area contributed by atoms with E-state index in [1.165, 1.54) is 16.2 Å². The number of H-pyrrole nitrogens is 1. The molecule has 1 aliphatic carbocycles. The first kappa shape index (κ1) is 17.1. The Morgan fingerprint density at radius 2 is 2.23 bits per heavy atom. The number of nitrogens with one attached hydrogen (secondary N) is 2.